The van der Waals surface area contributed by atoms with Crippen LogP contribution in [0, 0.1) is 23.3 Å². The third-order valence-electron chi connectivity index (χ3n) is 4.80. The highest BCUT2D eigenvalue weighted by molar-refractivity contribution is 5.65. The smallest absolute Gasteiger partial charge is 0.398 e. The van der Waals surface area contributed by atoms with Gasteiger partial charge in [-0.15, -0.1) is 0 Å². The number of aryl methyl sites for hydroxylation is 2. The summed E-state index contributed by atoms with van der Waals surface area (Å²) in [6, 6.07) is 11.5. The molecule has 164 valence electrons. The molecule has 0 bridgehead atoms. The molecular weight excluding hydrogens is 418 g/mol. The van der Waals surface area contributed by atoms with Crippen LogP contribution in [-0.2, 0) is 12.8 Å². The number of halogens is 6. The molecule has 0 fully saturated rings. The van der Waals surface area contributed by atoms with E-state index in [1.54, 1.807) is 12.1 Å². The van der Waals surface area contributed by atoms with Crippen molar-refractivity contribution in [3.63, 3.8) is 0 Å². The van der Waals surface area contributed by atoms with Crippen molar-refractivity contribution in [2.24, 2.45) is 0 Å². The Kier molecular flexibility index (Phi) is 6.93. The summed E-state index contributed by atoms with van der Waals surface area (Å²) in [5, 5.41) is 0. The normalized spacial score (nSPS) is 11.6. The van der Waals surface area contributed by atoms with Crippen LogP contribution in [0.25, 0.3) is 11.1 Å². The Labute approximate surface area is 176 Å². The summed E-state index contributed by atoms with van der Waals surface area (Å²) in [5.41, 5.74) is 1.23. The highest BCUT2D eigenvalue weighted by Crippen LogP contribution is 2.34. The Hall–Kier alpha value is -2.96. The van der Waals surface area contributed by atoms with Gasteiger partial charge in [-0.25, -0.2) is 13.2 Å². The van der Waals surface area contributed by atoms with E-state index in [4.69, 9.17) is 0 Å². The summed E-state index contributed by atoms with van der Waals surface area (Å²) in [4.78, 5) is 0. The van der Waals surface area contributed by atoms with Crippen molar-refractivity contribution in [1.82, 2.24) is 0 Å². The monoisotopic (exact) mass is 438 g/mol. The van der Waals surface area contributed by atoms with Crippen LogP contribution in [-0.4, -0.2) is 6.11 Å². The predicted octanol–water partition coefficient (Wildman–Crippen LogP) is 7.47. The summed E-state index contributed by atoms with van der Waals surface area (Å²) in [5.74, 6) is -6.49. The molecule has 0 unspecified atom stereocenters. The van der Waals surface area contributed by atoms with Crippen molar-refractivity contribution in [2.45, 2.75) is 38.7 Å². The fraction of sp³-hybridized carbons (Fsp3) is 0.250. The summed E-state index contributed by atoms with van der Waals surface area (Å²) in [6.07, 6.45) is -2.62. The number of hydrogen-bond acceptors (Lipinski definition) is 1. The molecule has 0 aliphatic carbocycles. The molecule has 0 heterocycles. The van der Waals surface area contributed by atoms with E-state index in [1.165, 1.54) is 0 Å². The van der Waals surface area contributed by atoms with E-state index < -0.39 is 47.1 Å². The van der Waals surface area contributed by atoms with Crippen molar-refractivity contribution < 1.29 is 31.1 Å². The van der Waals surface area contributed by atoms with Crippen LogP contribution in [0.2, 0.25) is 0 Å². The lowest BCUT2D eigenvalue weighted by molar-refractivity contribution is -0.181. The quantitative estimate of drug-likeness (QED) is 0.332. The Balaban J connectivity index is 1.72. The zero-order valence-corrected chi connectivity index (χ0v) is 16.7. The van der Waals surface area contributed by atoms with Crippen molar-refractivity contribution in [3.8, 4) is 16.9 Å². The van der Waals surface area contributed by atoms with Gasteiger partial charge in [0.1, 0.15) is 0 Å². The first-order valence-electron chi connectivity index (χ1n) is 9.78. The maximum absolute atomic E-state index is 14.4. The van der Waals surface area contributed by atoms with Crippen LogP contribution >= 0.6 is 0 Å². The molecule has 3 aromatic rings. The highest BCUT2D eigenvalue weighted by Gasteiger charge is 2.33. The maximum atomic E-state index is 14.4. The van der Waals surface area contributed by atoms with Crippen LogP contribution in [0.3, 0.4) is 0 Å². The topological polar surface area (TPSA) is 9.23 Å². The van der Waals surface area contributed by atoms with Gasteiger partial charge in [-0.05, 0) is 53.8 Å². The summed E-state index contributed by atoms with van der Waals surface area (Å²) < 4.78 is 88.0. The Bertz CT molecular complexity index is 1050. The fourth-order valence-corrected chi connectivity index (χ4v) is 3.16. The van der Waals surface area contributed by atoms with Gasteiger partial charge in [0, 0.05) is 5.56 Å². The summed E-state index contributed by atoms with van der Waals surface area (Å²) in [7, 11) is 0. The standard InChI is InChI=1S/C24H20F6O/c1-2-3-15-4-6-16(7-5-15)12-13-24(29,30)31-21-11-9-18(22(27)23(21)28)17-8-10-19(25)20(26)14-17/h4-11,14H,2-3,12-13H2,1H3. The molecule has 1 nitrogen and oxygen atoms in total. The maximum Gasteiger partial charge on any atom is 0.398 e. The van der Waals surface area contributed by atoms with Crippen LogP contribution < -0.4 is 4.74 Å². The van der Waals surface area contributed by atoms with Crippen molar-refractivity contribution in [3.05, 3.63) is 89.0 Å². The van der Waals surface area contributed by atoms with Gasteiger partial charge in [-0.2, -0.15) is 13.2 Å². The minimum atomic E-state index is -3.74. The number of alkyl halides is 2. The highest BCUT2D eigenvalue weighted by atomic mass is 19.3. The van der Waals surface area contributed by atoms with Gasteiger partial charge in [0.05, 0.1) is 6.42 Å². The van der Waals surface area contributed by atoms with E-state index in [0.29, 0.717) is 11.6 Å². The second-order valence-corrected chi connectivity index (χ2v) is 7.17. The molecule has 0 spiro atoms. The van der Waals surface area contributed by atoms with Crippen molar-refractivity contribution in [1.29, 1.82) is 0 Å². The van der Waals surface area contributed by atoms with Crippen molar-refractivity contribution >= 4 is 0 Å². The second-order valence-electron chi connectivity index (χ2n) is 7.17. The van der Waals surface area contributed by atoms with Gasteiger partial charge in [-0.1, -0.05) is 43.7 Å². The van der Waals surface area contributed by atoms with Gasteiger partial charge in [0.25, 0.3) is 0 Å². The number of rotatable bonds is 8. The average molecular weight is 438 g/mol. The number of hydrogen-bond donors (Lipinski definition) is 0. The molecule has 3 rings (SSSR count). The van der Waals surface area contributed by atoms with Crippen LogP contribution in [0.4, 0.5) is 26.3 Å². The fourth-order valence-electron chi connectivity index (χ4n) is 3.16. The second kappa shape index (κ2) is 9.45. The zero-order valence-electron chi connectivity index (χ0n) is 16.7. The van der Waals surface area contributed by atoms with E-state index in [1.807, 2.05) is 19.1 Å². The lowest BCUT2D eigenvalue weighted by atomic mass is 10.0. The molecule has 3 aromatic carbocycles. The van der Waals surface area contributed by atoms with E-state index >= 15 is 0 Å². The summed E-state index contributed by atoms with van der Waals surface area (Å²) in [6.45, 7) is 2.04. The van der Waals surface area contributed by atoms with Gasteiger partial charge >= 0.3 is 6.11 Å². The molecule has 0 aliphatic rings. The van der Waals surface area contributed by atoms with Crippen LogP contribution in [0.5, 0.6) is 5.75 Å². The Morgan fingerprint density at radius 2 is 1.39 bits per heavy atom. The molecule has 0 aromatic heterocycles. The van der Waals surface area contributed by atoms with E-state index in [0.717, 1.165) is 42.7 Å². The van der Waals surface area contributed by atoms with E-state index in [-0.39, 0.29) is 12.0 Å². The molecule has 0 saturated heterocycles. The first-order valence-corrected chi connectivity index (χ1v) is 9.78. The molecule has 0 N–H and O–H groups in total. The molecule has 7 heteroatoms. The lowest BCUT2D eigenvalue weighted by Gasteiger charge is -2.19. The first-order chi connectivity index (χ1) is 14.7. The SMILES string of the molecule is CCCc1ccc(CCC(F)(F)Oc2ccc(-c3ccc(F)c(F)c3)c(F)c2F)cc1. The molecule has 31 heavy (non-hydrogen) atoms. The van der Waals surface area contributed by atoms with Gasteiger partial charge in [-0.3, -0.25) is 0 Å². The predicted molar refractivity (Wildman–Crippen MR) is 106 cm³/mol. The first kappa shape index (κ1) is 22.7. The Morgan fingerprint density at radius 3 is 2.00 bits per heavy atom. The van der Waals surface area contributed by atoms with Crippen molar-refractivity contribution in [2.75, 3.05) is 0 Å². The third kappa shape index (κ3) is 5.60. The minimum Gasteiger partial charge on any atom is -0.429 e. The zero-order chi connectivity index (χ0) is 22.6. The van der Waals surface area contributed by atoms with E-state index in [9.17, 15) is 26.3 Å². The number of ether oxygens (including phenoxy) is 1. The van der Waals surface area contributed by atoms with Gasteiger partial charge < -0.3 is 4.74 Å². The van der Waals surface area contributed by atoms with Gasteiger partial charge in [0.2, 0.25) is 5.82 Å². The Morgan fingerprint density at radius 1 is 0.742 bits per heavy atom. The molecule has 0 saturated carbocycles. The largest absolute Gasteiger partial charge is 0.429 e. The van der Waals surface area contributed by atoms with E-state index in [2.05, 4.69) is 4.74 Å². The molecule has 0 atom stereocenters. The minimum absolute atomic E-state index is 0.0174. The third-order valence-corrected chi connectivity index (χ3v) is 4.80. The molecule has 0 aliphatic heterocycles. The number of benzene rings is 3. The summed E-state index contributed by atoms with van der Waals surface area (Å²) >= 11 is 0. The average Bonchev–Trinajstić information content (AvgIpc) is 2.73. The lowest BCUT2D eigenvalue weighted by Crippen LogP contribution is -2.26. The molecule has 0 radical (unpaired) electrons. The van der Waals surface area contributed by atoms with Crippen LogP contribution in [0.1, 0.15) is 30.9 Å². The molecular formula is C24H20F6O. The van der Waals surface area contributed by atoms with Gasteiger partial charge in [0.15, 0.2) is 23.2 Å². The molecule has 0 amide bonds. The van der Waals surface area contributed by atoms with Crippen LogP contribution in [0.15, 0.2) is 54.6 Å².